The number of nitrogens with zero attached hydrogens (tertiary/aromatic N) is 2. The molecule has 4 nitrogen and oxygen atoms in total. The molecule has 3 rings (SSSR count). The van der Waals surface area contributed by atoms with Crippen LogP contribution in [0.25, 0.3) is 10.9 Å². The molecule has 24 heavy (non-hydrogen) atoms. The lowest BCUT2D eigenvalue weighted by atomic mass is 9.88. The van der Waals surface area contributed by atoms with Gasteiger partial charge in [0.1, 0.15) is 5.60 Å². The van der Waals surface area contributed by atoms with Crippen LogP contribution in [-0.2, 0) is 11.3 Å². The van der Waals surface area contributed by atoms with Gasteiger partial charge in [-0.05, 0) is 38.5 Å². The number of ether oxygens (including phenoxy) is 1. The van der Waals surface area contributed by atoms with E-state index in [4.69, 9.17) is 4.74 Å². The molecule has 0 saturated heterocycles. The summed E-state index contributed by atoms with van der Waals surface area (Å²) in [5.41, 5.74) is 0.827. The molecule has 0 aliphatic carbocycles. The van der Waals surface area contributed by atoms with Crippen molar-refractivity contribution in [2.45, 2.75) is 51.8 Å². The van der Waals surface area contributed by atoms with Gasteiger partial charge in [0.05, 0.1) is 11.6 Å². The fourth-order valence-electron chi connectivity index (χ4n) is 3.36. The molecule has 1 aromatic carbocycles. The molecule has 0 fully saturated rings. The Hall–Kier alpha value is -2.11. The number of carbonyl (C=O) groups is 1. The summed E-state index contributed by atoms with van der Waals surface area (Å²) in [7, 11) is 1.68. The van der Waals surface area contributed by atoms with Gasteiger partial charge < -0.3 is 14.2 Å². The summed E-state index contributed by atoms with van der Waals surface area (Å²) in [4.78, 5) is 13.9. The number of halogens is 2. The third kappa shape index (κ3) is 2.64. The Morgan fingerprint density at radius 1 is 1.38 bits per heavy atom. The van der Waals surface area contributed by atoms with E-state index in [9.17, 15) is 13.6 Å². The first-order chi connectivity index (χ1) is 11.1. The van der Waals surface area contributed by atoms with E-state index in [-0.39, 0.29) is 17.3 Å². The summed E-state index contributed by atoms with van der Waals surface area (Å²) >= 11 is 0. The van der Waals surface area contributed by atoms with Crippen molar-refractivity contribution in [2.24, 2.45) is 0 Å². The number of aromatic nitrogens is 1. The minimum Gasteiger partial charge on any atom is -0.444 e. The van der Waals surface area contributed by atoms with E-state index in [0.717, 1.165) is 0 Å². The fourth-order valence-corrected chi connectivity index (χ4v) is 3.36. The normalized spacial score (nSPS) is 20.3. The Morgan fingerprint density at radius 3 is 2.67 bits per heavy atom. The van der Waals surface area contributed by atoms with Gasteiger partial charge in [-0.1, -0.05) is 6.92 Å². The third-order valence-electron chi connectivity index (χ3n) is 4.60. The number of hydrogen-bond donors (Lipinski definition) is 0. The molecule has 0 saturated carbocycles. The van der Waals surface area contributed by atoms with Crippen molar-refractivity contribution in [3.8, 4) is 0 Å². The molecule has 0 spiro atoms. The maximum absolute atomic E-state index is 14.0. The van der Waals surface area contributed by atoms with Gasteiger partial charge in [0.2, 0.25) is 0 Å². The van der Waals surface area contributed by atoms with Gasteiger partial charge in [-0.15, -0.1) is 0 Å². The maximum atomic E-state index is 14.0. The van der Waals surface area contributed by atoms with Crippen molar-refractivity contribution in [3.63, 3.8) is 0 Å². The fraction of sp³-hybridized carbons (Fsp3) is 0.500. The largest absolute Gasteiger partial charge is 0.444 e. The summed E-state index contributed by atoms with van der Waals surface area (Å²) in [6.07, 6.45) is 1.31. The van der Waals surface area contributed by atoms with Crippen molar-refractivity contribution in [3.05, 3.63) is 35.5 Å². The highest BCUT2D eigenvalue weighted by molar-refractivity contribution is 5.85. The van der Waals surface area contributed by atoms with E-state index in [2.05, 4.69) is 0 Å². The van der Waals surface area contributed by atoms with Crippen LogP contribution in [0, 0.1) is 11.6 Å². The van der Waals surface area contributed by atoms with E-state index < -0.39 is 23.3 Å². The zero-order valence-corrected chi connectivity index (χ0v) is 14.6. The van der Waals surface area contributed by atoms with Crippen molar-refractivity contribution in [1.29, 1.82) is 0 Å². The smallest absolute Gasteiger partial charge is 0.410 e. The Labute approximate surface area is 140 Å². The third-order valence-corrected chi connectivity index (χ3v) is 4.60. The van der Waals surface area contributed by atoms with Crippen LogP contribution in [0.2, 0.25) is 0 Å². The second kappa shape index (κ2) is 5.46. The van der Waals surface area contributed by atoms with Gasteiger partial charge in [-0.3, -0.25) is 0 Å². The highest BCUT2D eigenvalue weighted by Crippen LogP contribution is 2.38. The van der Waals surface area contributed by atoms with E-state index >= 15 is 0 Å². The van der Waals surface area contributed by atoms with Crippen molar-refractivity contribution >= 4 is 17.0 Å². The van der Waals surface area contributed by atoms with Crippen LogP contribution in [-0.4, -0.2) is 34.3 Å². The Morgan fingerprint density at radius 2 is 2.04 bits per heavy atom. The molecule has 2 aromatic rings. The topological polar surface area (TPSA) is 34.5 Å². The van der Waals surface area contributed by atoms with E-state index in [1.54, 1.807) is 24.2 Å². The van der Waals surface area contributed by atoms with Crippen LogP contribution < -0.4 is 0 Å². The molecular weight excluding hydrogens is 314 g/mol. The summed E-state index contributed by atoms with van der Waals surface area (Å²) in [5.74, 6) is -1.82. The minimum atomic E-state index is -0.859. The first kappa shape index (κ1) is 16.7. The Balaban J connectivity index is 1.97. The molecule has 0 radical (unpaired) electrons. The average Bonchev–Trinajstić information content (AvgIpc) is 2.89. The predicted octanol–water partition coefficient (Wildman–Crippen LogP) is 4.27. The lowest BCUT2D eigenvalue weighted by molar-refractivity contribution is 0.0181. The van der Waals surface area contributed by atoms with Crippen LogP contribution in [0.5, 0.6) is 0 Å². The highest BCUT2D eigenvalue weighted by atomic mass is 19.2. The molecule has 1 aliphatic heterocycles. The monoisotopic (exact) mass is 336 g/mol. The minimum absolute atomic E-state index is 0.137. The molecular formula is C18H22F2N2O2. The second-order valence-corrected chi connectivity index (χ2v) is 7.44. The summed E-state index contributed by atoms with van der Waals surface area (Å²) < 4.78 is 35.2. The SMILES string of the molecule is C[C@H]1c2cc(F)c(F)c3ccn(c23)C[C@@H]1N(C)C(=O)OC(C)(C)C. The van der Waals surface area contributed by atoms with Gasteiger partial charge >= 0.3 is 6.09 Å². The standard InChI is InChI=1S/C18H22F2N2O2/c1-10-12-8-13(19)15(20)11-6-7-22(16(11)12)9-14(10)21(5)17(23)24-18(2,3)4/h6-8,10,14H,9H2,1-5H3/t10-,14-/m0/s1. The zero-order chi connectivity index (χ0) is 17.8. The Bertz CT molecular complexity index is 807. The molecule has 130 valence electrons. The van der Waals surface area contributed by atoms with Gasteiger partial charge in [0.25, 0.3) is 0 Å². The summed E-state index contributed by atoms with van der Waals surface area (Å²) in [6, 6.07) is 2.63. The van der Waals surface area contributed by atoms with Crippen molar-refractivity contribution < 1.29 is 18.3 Å². The number of rotatable bonds is 1. The van der Waals surface area contributed by atoms with Gasteiger partial charge in [-0.2, -0.15) is 0 Å². The van der Waals surface area contributed by atoms with Crippen molar-refractivity contribution in [1.82, 2.24) is 9.47 Å². The number of benzene rings is 1. The quantitative estimate of drug-likeness (QED) is 0.779. The highest BCUT2D eigenvalue weighted by Gasteiger charge is 2.35. The van der Waals surface area contributed by atoms with Crippen molar-refractivity contribution in [2.75, 3.05) is 7.05 Å². The summed E-state index contributed by atoms with van der Waals surface area (Å²) in [6.45, 7) is 7.87. The zero-order valence-electron chi connectivity index (χ0n) is 14.6. The molecule has 2 atom stereocenters. The molecule has 1 aliphatic rings. The van der Waals surface area contributed by atoms with E-state index in [0.29, 0.717) is 17.6 Å². The van der Waals surface area contributed by atoms with Crippen LogP contribution in [0.1, 0.15) is 39.2 Å². The van der Waals surface area contributed by atoms with Gasteiger partial charge in [-0.25, -0.2) is 13.6 Å². The molecule has 1 amide bonds. The molecule has 0 unspecified atom stereocenters. The summed E-state index contributed by atoms with van der Waals surface area (Å²) in [5, 5.41) is 0.287. The lowest BCUT2D eigenvalue weighted by Gasteiger charge is -2.38. The molecule has 6 heteroatoms. The predicted molar refractivity (Wildman–Crippen MR) is 88.1 cm³/mol. The van der Waals surface area contributed by atoms with Gasteiger partial charge in [0, 0.05) is 31.1 Å². The molecule has 0 bridgehead atoms. The molecule has 2 heterocycles. The Kier molecular flexibility index (Phi) is 3.81. The van der Waals surface area contributed by atoms with Crippen LogP contribution in [0.4, 0.5) is 13.6 Å². The van der Waals surface area contributed by atoms with Crippen LogP contribution in [0.15, 0.2) is 18.3 Å². The molecule has 0 N–H and O–H groups in total. The van der Waals surface area contributed by atoms with Gasteiger partial charge in [0.15, 0.2) is 11.6 Å². The number of hydrogen-bond acceptors (Lipinski definition) is 2. The second-order valence-electron chi connectivity index (χ2n) is 7.44. The first-order valence-corrected chi connectivity index (χ1v) is 8.02. The number of carbonyl (C=O) groups excluding carboxylic acids is 1. The lowest BCUT2D eigenvalue weighted by Crippen LogP contribution is -2.46. The van der Waals surface area contributed by atoms with Crippen LogP contribution in [0.3, 0.4) is 0 Å². The molecule has 1 aromatic heterocycles. The number of amides is 1. The number of likely N-dealkylation sites (N-methyl/N-ethyl adjacent to an activating group) is 1. The maximum Gasteiger partial charge on any atom is 0.410 e. The van der Waals surface area contributed by atoms with Crippen LogP contribution >= 0.6 is 0 Å². The average molecular weight is 336 g/mol. The first-order valence-electron chi connectivity index (χ1n) is 8.02. The van der Waals surface area contributed by atoms with E-state index in [1.165, 1.54) is 6.07 Å². The van der Waals surface area contributed by atoms with E-state index in [1.807, 2.05) is 32.3 Å².